The molecule has 37 heavy (non-hydrogen) atoms. The molecule has 1 aromatic heterocycles. The zero-order valence-electron chi connectivity index (χ0n) is 21.6. The first kappa shape index (κ1) is 27.1. The SMILES string of the molecule is CC(C)S(=O)(=O)c1ccccc1Cc1nc(Cc2ccc(N3CC[C@H](N(C)C)C3)cc2C#N)ncc1Cl. The molecular formula is C28H32ClN5O2S. The Morgan fingerprint density at radius 1 is 1.16 bits per heavy atom. The first-order chi connectivity index (χ1) is 17.6. The number of hydrogen-bond donors (Lipinski definition) is 0. The van der Waals surface area contributed by atoms with Crippen LogP contribution in [-0.2, 0) is 22.7 Å². The maximum Gasteiger partial charge on any atom is 0.180 e. The van der Waals surface area contributed by atoms with Gasteiger partial charge >= 0.3 is 0 Å². The quantitative estimate of drug-likeness (QED) is 0.417. The monoisotopic (exact) mass is 537 g/mol. The second-order valence-electron chi connectivity index (χ2n) is 9.94. The van der Waals surface area contributed by atoms with Crippen LogP contribution in [0.3, 0.4) is 0 Å². The predicted molar refractivity (Wildman–Crippen MR) is 147 cm³/mol. The molecule has 0 saturated carbocycles. The van der Waals surface area contributed by atoms with Crippen LogP contribution >= 0.6 is 11.6 Å². The molecule has 2 heterocycles. The predicted octanol–water partition coefficient (Wildman–Crippen LogP) is 4.51. The molecule has 1 saturated heterocycles. The van der Waals surface area contributed by atoms with E-state index in [1.165, 1.54) is 0 Å². The summed E-state index contributed by atoms with van der Waals surface area (Å²) in [4.78, 5) is 13.9. The van der Waals surface area contributed by atoms with Crippen molar-refractivity contribution in [1.82, 2.24) is 14.9 Å². The van der Waals surface area contributed by atoms with Gasteiger partial charge in [-0.2, -0.15) is 5.26 Å². The van der Waals surface area contributed by atoms with E-state index in [2.05, 4.69) is 46.0 Å². The van der Waals surface area contributed by atoms with Crippen LogP contribution in [0.1, 0.15) is 48.5 Å². The van der Waals surface area contributed by atoms with Gasteiger partial charge in [0.05, 0.1) is 32.5 Å². The summed E-state index contributed by atoms with van der Waals surface area (Å²) in [5, 5.41) is 9.69. The molecule has 1 aliphatic heterocycles. The lowest BCUT2D eigenvalue weighted by molar-refractivity contribution is 0.315. The second kappa shape index (κ2) is 11.2. The summed E-state index contributed by atoms with van der Waals surface area (Å²) in [7, 11) is 0.738. The fourth-order valence-corrected chi connectivity index (χ4v) is 6.04. The van der Waals surface area contributed by atoms with Crippen molar-refractivity contribution in [3.05, 3.63) is 81.9 Å². The van der Waals surface area contributed by atoms with Crippen LogP contribution in [0.2, 0.25) is 5.02 Å². The van der Waals surface area contributed by atoms with Gasteiger partial charge in [0.1, 0.15) is 5.82 Å². The van der Waals surface area contributed by atoms with Gasteiger partial charge in [0.15, 0.2) is 9.84 Å². The van der Waals surface area contributed by atoms with Gasteiger partial charge in [-0.1, -0.05) is 35.9 Å². The lowest BCUT2D eigenvalue weighted by Gasteiger charge is -2.22. The summed E-state index contributed by atoms with van der Waals surface area (Å²) in [6, 6.07) is 15.8. The number of sulfone groups is 1. The van der Waals surface area contributed by atoms with Crippen LogP contribution in [0.5, 0.6) is 0 Å². The maximum atomic E-state index is 12.9. The second-order valence-corrected chi connectivity index (χ2v) is 12.8. The average molecular weight is 538 g/mol. The normalized spacial score (nSPS) is 15.9. The zero-order chi connectivity index (χ0) is 26.7. The minimum absolute atomic E-state index is 0.266. The average Bonchev–Trinajstić information content (AvgIpc) is 3.37. The molecule has 0 radical (unpaired) electrons. The van der Waals surface area contributed by atoms with E-state index < -0.39 is 15.1 Å². The third-order valence-electron chi connectivity index (χ3n) is 6.95. The molecular weight excluding hydrogens is 506 g/mol. The van der Waals surface area contributed by atoms with Crippen molar-refractivity contribution < 1.29 is 8.42 Å². The van der Waals surface area contributed by atoms with Crippen molar-refractivity contribution in [1.29, 1.82) is 5.26 Å². The van der Waals surface area contributed by atoms with Gasteiger partial charge in [0, 0.05) is 43.9 Å². The summed E-state index contributed by atoms with van der Waals surface area (Å²) >= 11 is 6.43. The molecule has 7 nitrogen and oxygen atoms in total. The Hall–Kier alpha value is -2.99. The number of nitriles is 1. The molecule has 1 atom stereocenters. The van der Waals surface area contributed by atoms with E-state index in [1.54, 1.807) is 38.2 Å². The Labute approximate surface area is 224 Å². The van der Waals surface area contributed by atoms with E-state index in [4.69, 9.17) is 11.6 Å². The highest BCUT2D eigenvalue weighted by Crippen LogP contribution is 2.27. The first-order valence-corrected chi connectivity index (χ1v) is 14.3. The molecule has 0 N–H and O–H groups in total. The fraction of sp³-hybridized carbons (Fsp3) is 0.393. The number of likely N-dealkylation sites (N-methyl/N-ethyl adjacent to an activating group) is 1. The van der Waals surface area contributed by atoms with E-state index in [9.17, 15) is 13.7 Å². The van der Waals surface area contributed by atoms with Gasteiger partial charge in [0.25, 0.3) is 0 Å². The molecule has 1 aliphatic rings. The lowest BCUT2D eigenvalue weighted by Crippen LogP contribution is -2.31. The Morgan fingerprint density at radius 2 is 1.92 bits per heavy atom. The zero-order valence-corrected chi connectivity index (χ0v) is 23.2. The Bertz CT molecular complexity index is 1430. The Kier molecular flexibility index (Phi) is 8.17. The van der Waals surface area contributed by atoms with Crippen LogP contribution in [0.15, 0.2) is 53.6 Å². The smallest absolute Gasteiger partial charge is 0.180 e. The van der Waals surface area contributed by atoms with Crippen molar-refractivity contribution >= 4 is 27.1 Å². The van der Waals surface area contributed by atoms with Crippen LogP contribution in [0.4, 0.5) is 5.69 Å². The van der Waals surface area contributed by atoms with E-state index in [1.807, 2.05) is 18.2 Å². The lowest BCUT2D eigenvalue weighted by atomic mass is 10.0. The van der Waals surface area contributed by atoms with E-state index in [0.29, 0.717) is 45.0 Å². The molecule has 0 unspecified atom stereocenters. The molecule has 2 aromatic carbocycles. The molecule has 0 amide bonds. The molecule has 1 fully saturated rings. The number of aromatic nitrogens is 2. The van der Waals surface area contributed by atoms with E-state index in [-0.39, 0.29) is 6.42 Å². The topological polar surface area (TPSA) is 90.2 Å². The van der Waals surface area contributed by atoms with Crippen LogP contribution in [0.25, 0.3) is 0 Å². The van der Waals surface area contributed by atoms with Gasteiger partial charge in [-0.05, 0) is 63.7 Å². The maximum absolute atomic E-state index is 12.9. The molecule has 0 bridgehead atoms. The number of nitrogens with zero attached hydrogens (tertiary/aromatic N) is 5. The highest BCUT2D eigenvalue weighted by atomic mass is 35.5. The minimum Gasteiger partial charge on any atom is -0.370 e. The third kappa shape index (κ3) is 5.96. The van der Waals surface area contributed by atoms with Gasteiger partial charge in [-0.3, -0.25) is 0 Å². The standard InChI is InChI=1S/C28H32ClN5O2S/c1-19(2)37(35,36)27-8-6-5-7-21(27)14-26-25(29)17-31-28(32-26)15-20-9-10-23(13-22(20)16-30)34-12-11-24(18-34)33(3)4/h5-10,13,17,19,24H,11-12,14-15,18H2,1-4H3/t24-/m0/s1. The van der Waals surface area contributed by atoms with Gasteiger partial charge in [-0.15, -0.1) is 0 Å². The van der Waals surface area contributed by atoms with Crippen molar-refractivity contribution in [2.24, 2.45) is 0 Å². The molecule has 0 spiro atoms. The van der Waals surface area contributed by atoms with Crippen molar-refractivity contribution in [2.75, 3.05) is 32.1 Å². The van der Waals surface area contributed by atoms with Gasteiger partial charge in [0.2, 0.25) is 0 Å². The molecule has 0 aliphatic carbocycles. The summed E-state index contributed by atoms with van der Waals surface area (Å²) < 4.78 is 25.8. The third-order valence-corrected chi connectivity index (χ3v) is 9.51. The minimum atomic E-state index is -3.46. The van der Waals surface area contributed by atoms with Crippen molar-refractivity contribution in [3.8, 4) is 6.07 Å². The van der Waals surface area contributed by atoms with Gasteiger partial charge in [-0.25, -0.2) is 18.4 Å². The molecule has 9 heteroatoms. The number of halogens is 1. The number of hydrogen-bond acceptors (Lipinski definition) is 7. The largest absolute Gasteiger partial charge is 0.370 e. The highest BCUT2D eigenvalue weighted by molar-refractivity contribution is 7.92. The van der Waals surface area contributed by atoms with E-state index >= 15 is 0 Å². The van der Waals surface area contributed by atoms with Crippen molar-refractivity contribution in [2.45, 2.75) is 49.3 Å². The first-order valence-electron chi connectivity index (χ1n) is 12.4. The molecule has 194 valence electrons. The molecule has 3 aromatic rings. The Morgan fingerprint density at radius 3 is 2.59 bits per heavy atom. The number of anilines is 1. The van der Waals surface area contributed by atoms with Crippen LogP contribution in [0, 0.1) is 11.3 Å². The van der Waals surface area contributed by atoms with E-state index in [0.717, 1.165) is 30.8 Å². The number of benzene rings is 2. The summed E-state index contributed by atoms with van der Waals surface area (Å²) in [6.07, 6.45) is 3.28. The summed E-state index contributed by atoms with van der Waals surface area (Å²) in [5.41, 5.74) is 3.68. The van der Waals surface area contributed by atoms with Crippen LogP contribution in [-0.4, -0.2) is 61.8 Å². The summed E-state index contributed by atoms with van der Waals surface area (Å²) in [5.74, 6) is 0.529. The van der Waals surface area contributed by atoms with Crippen molar-refractivity contribution in [3.63, 3.8) is 0 Å². The number of rotatable bonds is 8. The molecule has 4 rings (SSSR count). The Balaban J connectivity index is 1.58. The van der Waals surface area contributed by atoms with Gasteiger partial charge < -0.3 is 9.80 Å². The summed E-state index contributed by atoms with van der Waals surface area (Å²) in [6.45, 7) is 5.24. The highest BCUT2D eigenvalue weighted by Gasteiger charge is 2.25. The fourth-order valence-electron chi connectivity index (χ4n) is 4.60. The van der Waals surface area contributed by atoms with Crippen LogP contribution < -0.4 is 4.90 Å².